The Labute approximate surface area is 255 Å². The zero-order valence-electron chi connectivity index (χ0n) is 23.8. The third-order valence-electron chi connectivity index (χ3n) is 6.76. The first kappa shape index (κ1) is 28.0. The molecule has 0 amide bonds. The molecular weight excluding hydrogens is 540 g/mol. The number of aromatic nitrogens is 6. The Morgan fingerprint density at radius 2 is 0.568 bits per heavy atom. The van der Waals surface area contributed by atoms with Crippen LogP contribution in [0.1, 0.15) is 0 Å². The topological polar surface area (TPSA) is 77.3 Å². The average molecular weight is 569 g/mol. The zero-order chi connectivity index (χ0) is 29.8. The van der Waals surface area contributed by atoms with Gasteiger partial charge in [0.1, 0.15) is 0 Å². The lowest BCUT2D eigenvalue weighted by atomic mass is 10.0. The van der Waals surface area contributed by atoms with E-state index in [1.807, 2.05) is 122 Å². The summed E-state index contributed by atoms with van der Waals surface area (Å²) in [5, 5.41) is 4.65. The van der Waals surface area contributed by atoms with Crippen molar-refractivity contribution in [2.75, 3.05) is 0 Å². The largest absolute Gasteiger partial charge is 0.255 e. The third kappa shape index (κ3) is 6.83. The molecule has 0 aliphatic carbocycles. The SMILES string of the molecule is c1ccc(-c2ccccn2)nc1.c1ccc(-c2ccccn2)nc1.c1ccc2c(-c3nccc4ccccc34)nccc2c1. The summed E-state index contributed by atoms with van der Waals surface area (Å²) in [5.41, 5.74) is 5.55. The lowest BCUT2D eigenvalue weighted by molar-refractivity contribution is 1.25. The second-order valence-electron chi connectivity index (χ2n) is 9.62. The first-order chi connectivity index (χ1) is 21.9. The Hall–Kier alpha value is -6.14. The molecule has 0 fully saturated rings. The fraction of sp³-hybridized carbons (Fsp3) is 0. The quantitative estimate of drug-likeness (QED) is 0.212. The van der Waals surface area contributed by atoms with Crippen molar-refractivity contribution in [3.8, 4) is 34.2 Å². The van der Waals surface area contributed by atoms with Gasteiger partial charge in [-0.3, -0.25) is 29.9 Å². The highest BCUT2D eigenvalue weighted by Gasteiger charge is 2.09. The fourth-order valence-corrected chi connectivity index (χ4v) is 4.67. The van der Waals surface area contributed by atoms with E-state index >= 15 is 0 Å². The van der Waals surface area contributed by atoms with Crippen molar-refractivity contribution < 1.29 is 0 Å². The molecule has 0 atom stereocenters. The second kappa shape index (κ2) is 14.2. The Balaban J connectivity index is 0.000000124. The molecule has 0 spiro atoms. The van der Waals surface area contributed by atoms with Gasteiger partial charge in [0.15, 0.2) is 0 Å². The summed E-state index contributed by atoms with van der Waals surface area (Å²) >= 11 is 0. The molecule has 6 aromatic heterocycles. The van der Waals surface area contributed by atoms with Gasteiger partial charge < -0.3 is 0 Å². The number of pyridine rings is 6. The van der Waals surface area contributed by atoms with Gasteiger partial charge in [-0.1, -0.05) is 72.8 Å². The maximum atomic E-state index is 4.56. The monoisotopic (exact) mass is 568 g/mol. The van der Waals surface area contributed by atoms with Crippen LogP contribution in [0.15, 0.2) is 171 Å². The maximum absolute atomic E-state index is 4.56. The third-order valence-corrected chi connectivity index (χ3v) is 6.76. The summed E-state index contributed by atoms with van der Waals surface area (Å²) in [7, 11) is 0. The standard InChI is InChI=1S/C18H12N2.2C10H8N2/c1-3-7-15-13(5-1)9-11-19-17(15)18-16-8-4-2-6-14(16)10-12-20-18;2*1-3-7-11-9(5-1)10-6-2-4-8-12-10/h1-12H;2*1-8H. The summed E-state index contributed by atoms with van der Waals surface area (Å²) in [6, 6.07) is 43.8. The molecule has 6 nitrogen and oxygen atoms in total. The summed E-state index contributed by atoms with van der Waals surface area (Å²) < 4.78 is 0. The van der Waals surface area contributed by atoms with E-state index < -0.39 is 0 Å². The Bertz CT molecular complexity index is 1820. The number of hydrogen-bond donors (Lipinski definition) is 0. The minimum absolute atomic E-state index is 0.915. The summed E-state index contributed by atoms with van der Waals surface area (Å²) in [6.07, 6.45) is 10.8. The molecule has 0 unspecified atom stereocenters. The first-order valence-corrected chi connectivity index (χ1v) is 14.2. The van der Waals surface area contributed by atoms with E-state index in [0.29, 0.717) is 0 Å². The highest BCUT2D eigenvalue weighted by molar-refractivity contribution is 6.02. The predicted molar refractivity (Wildman–Crippen MR) is 177 cm³/mol. The van der Waals surface area contributed by atoms with Crippen LogP contribution in [0.2, 0.25) is 0 Å². The van der Waals surface area contributed by atoms with E-state index in [1.54, 1.807) is 24.8 Å². The van der Waals surface area contributed by atoms with Crippen molar-refractivity contribution >= 4 is 21.5 Å². The van der Waals surface area contributed by atoms with Crippen LogP contribution in [-0.4, -0.2) is 29.9 Å². The number of nitrogens with zero attached hydrogens (tertiary/aromatic N) is 6. The normalized spacial score (nSPS) is 10.3. The van der Waals surface area contributed by atoms with Gasteiger partial charge >= 0.3 is 0 Å². The van der Waals surface area contributed by atoms with Gasteiger partial charge in [-0.15, -0.1) is 0 Å². The van der Waals surface area contributed by atoms with Gasteiger partial charge in [-0.2, -0.15) is 0 Å². The van der Waals surface area contributed by atoms with E-state index in [2.05, 4.69) is 54.2 Å². The number of benzene rings is 2. The molecule has 0 aliphatic heterocycles. The van der Waals surface area contributed by atoms with Crippen LogP contribution < -0.4 is 0 Å². The molecule has 6 heterocycles. The van der Waals surface area contributed by atoms with Crippen molar-refractivity contribution in [2.45, 2.75) is 0 Å². The van der Waals surface area contributed by atoms with Gasteiger partial charge in [0.2, 0.25) is 0 Å². The predicted octanol–water partition coefficient (Wildman–Crippen LogP) is 8.74. The molecule has 210 valence electrons. The van der Waals surface area contributed by atoms with Crippen molar-refractivity contribution in [1.82, 2.24) is 29.9 Å². The highest BCUT2D eigenvalue weighted by Crippen LogP contribution is 2.30. The minimum atomic E-state index is 0.915. The first-order valence-electron chi connectivity index (χ1n) is 14.2. The average Bonchev–Trinajstić information content (AvgIpc) is 3.13. The zero-order valence-corrected chi connectivity index (χ0v) is 23.8. The van der Waals surface area contributed by atoms with Gasteiger partial charge in [-0.25, -0.2) is 0 Å². The van der Waals surface area contributed by atoms with Gasteiger partial charge in [0.25, 0.3) is 0 Å². The fourth-order valence-electron chi connectivity index (χ4n) is 4.67. The molecule has 6 heteroatoms. The lowest BCUT2D eigenvalue weighted by Crippen LogP contribution is -1.90. The molecule has 0 saturated carbocycles. The molecule has 0 radical (unpaired) electrons. The van der Waals surface area contributed by atoms with Crippen LogP contribution in [0.4, 0.5) is 0 Å². The highest BCUT2D eigenvalue weighted by atomic mass is 14.8. The van der Waals surface area contributed by atoms with Gasteiger partial charge in [-0.05, 0) is 71.4 Å². The van der Waals surface area contributed by atoms with Crippen LogP contribution in [0.25, 0.3) is 55.7 Å². The van der Waals surface area contributed by atoms with Crippen LogP contribution >= 0.6 is 0 Å². The Morgan fingerprint density at radius 3 is 0.886 bits per heavy atom. The van der Waals surface area contributed by atoms with E-state index in [1.165, 1.54) is 10.8 Å². The molecule has 0 saturated heterocycles. The van der Waals surface area contributed by atoms with Crippen molar-refractivity contribution in [2.24, 2.45) is 0 Å². The summed E-state index contributed by atoms with van der Waals surface area (Å²) in [6.45, 7) is 0. The Morgan fingerprint density at radius 1 is 0.250 bits per heavy atom. The van der Waals surface area contributed by atoms with Crippen LogP contribution in [0.5, 0.6) is 0 Å². The van der Waals surface area contributed by atoms with Gasteiger partial charge in [0, 0.05) is 48.0 Å². The van der Waals surface area contributed by atoms with Gasteiger partial charge in [0.05, 0.1) is 34.2 Å². The van der Waals surface area contributed by atoms with E-state index in [0.717, 1.165) is 44.9 Å². The Kier molecular flexibility index (Phi) is 9.01. The molecule has 2 aromatic carbocycles. The van der Waals surface area contributed by atoms with Crippen molar-refractivity contribution in [3.05, 3.63) is 171 Å². The molecule has 0 N–H and O–H groups in total. The number of hydrogen-bond acceptors (Lipinski definition) is 6. The van der Waals surface area contributed by atoms with Crippen LogP contribution in [0.3, 0.4) is 0 Å². The van der Waals surface area contributed by atoms with E-state index in [9.17, 15) is 0 Å². The second-order valence-corrected chi connectivity index (χ2v) is 9.62. The number of rotatable bonds is 3. The lowest BCUT2D eigenvalue weighted by Gasteiger charge is -2.07. The smallest absolute Gasteiger partial charge is 0.0970 e. The molecular formula is C38H28N6. The molecule has 0 aliphatic rings. The minimum Gasteiger partial charge on any atom is -0.255 e. The molecule has 8 rings (SSSR count). The summed E-state index contributed by atoms with van der Waals surface area (Å²) in [4.78, 5) is 25.9. The van der Waals surface area contributed by atoms with E-state index in [-0.39, 0.29) is 0 Å². The molecule has 44 heavy (non-hydrogen) atoms. The van der Waals surface area contributed by atoms with Crippen molar-refractivity contribution in [1.29, 1.82) is 0 Å². The van der Waals surface area contributed by atoms with Crippen LogP contribution in [-0.2, 0) is 0 Å². The van der Waals surface area contributed by atoms with Crippen LogP contribution in [0, 0.1) is 0 Å². The van der Waals surface area contributed by atoms with Crippen molar-refractivity contribution in [3.63, 3.8) is 0 Å². The molecule has 8 aromatic rings. The molecule has 0 bridgehead atoms. The number of fused-ring (bicyclic) bond motifs is 2. The van der Waals surface area contributed by atoms with E-state index in [4.69, 9.17) is 0 Å². The maximum Gasteiger partial charge on any atom is 0.0970 e. The summed E-state index contributed by atoms with van der Waals surface area (Å²) in [5.74, 6) is 0.